The molecule has 132 valence electrons. The zero-order valence-corrected chi connectivity index (χ0v) is 15.5. The van der Waals surface area contributed by atoms with Crippen LogP contribution in [0.1, 0.15) is 17.5 Å². The first-order valence-corrected chi connectivity index (χ1v) is 10.3. The minimum atomic E-state index is -3.35. The summed E-state index contributed by atoms with van der Waals surface area (Å²) in [5.41, 5.74) is 2.15. The van der Waals surface area contributed by atoms with Crippen molar-refractivity contribution in [3.05, 3.63) is 41.5 Å². The van der Waals surface area contributed by atoms with Crippen molar-refractivity contribution in [1.29, 1.82) is 0 Å². The van der Waals surface area contributed by atoms with Crippen LogP contribution < -0.4 is 15.4 Å². The van der Waals surface area contributed by atoms with Gasteiger partial charge in [-0.3, -0.25) is 5.32 Å². The fourth-order valence-corrected chi connectivity index (χ4v) is 5.05. The number of allylic oxidation sites excluding steroid dienone is 1. The van der Waals surface area contributed by atoms with E-state index in [4.69, 9.17) is 4.74 Å². The number of anilines is 2. The van der Waals surface area contributed by atoms with Crippen LogP contribution in [0.2, 0.25) is 0 Å². The molecule has 0 radical (unpaired) electrons. The number of thiophene rings is 1. The van der Waals surface area contributed by atoms with Crippen molar-refractivity contribution < 1.29 is 17.9 Å². The van der Waals surface area contributed by atoms with Crippen LogP contribution >= 0.6 is 11.3 Å². The molecular weight excluding hydrogens is 360 g/mol. The third kappa shape index (κ3) is 3.85. The van der Waals surface area contributed by atoms with Crippen LogP contribution in [0, 0.1) is 0 Å². The van der Waals surface area contributed by atoms with E-state index in [1.165, 1.54) is 6.26 Å². The van der Waals surface area contributed by atoms with E-state index < -0.39 is 15.9 Å². The summed E-state index contributed by atoms with van der Waals surface area (Å²) in [5, 5.41) is 6.08. The smallest absolute Gasteiger partial charge is 0.324 e. The number of amides is 2. The van der Waals surface area contributed by atoms with Crippen LogP contribution in [0.5, 0.6) is 5.75 Å². The van der Waals surface area contributed by atoms with Crippen LogP contribution in [-0.2, 0) is 16.3 Å². The minimum Gasteiger partial charge on any atom is -0.497 e. The number of sulfone groups is 1. The topological polar surface area (TPSA) is 84.5 Å². The van der Waals surface area contributed by atoms with Crippen LogP contribution in [0.15, 0.2) is 34.6 Å². The highest BCUT2D eigenvalue weighted by molar-refractivity contribution is 7.93. The van der Waals surface area contributed by atoms with Gasteiger partial charge >= 0.3 is 6.03 Å². The molecule has 0 bridgehead atoms. The summed E-state index contributed by atoms with van der Waals surface area (Å²) >= 11 is 1.09. The van der Waals surface area contributed by atoms with Crippen molar-refractivity contribution in [2.45, 2.75) is 17.1 Å². The Bertz CT molecular complexity index is 946. The SMILES string of the molecule is COc1cccc(NC(=O)Nc2sc(S(C)(=O)=O)c3c2CCC=C3)c1. The first-order chi connectivity index (χ1) is 11.9. The molecule has 2 aromatic rings. The summed E-state index contributed by atoms with van der Waals surface area (Å²) in [7, 11) is -1.80. The molecule has 6 nitrogen and oxygen atoms in total. The van der Waals surface area contributed by atoms with E-state index in [-0.39, 0.29) is 4.21 Å². The van der Waals surface area contributed by atoms with Crippen LogP contribution in [0.4, 0.5) is 15.5 Å². The van der Waals surface area contributed by atoms with Gasteiger partial charge in [-0.15, -0.1) is 11.3 Å². The molecule has 1 aromatic carbocycles. The highest BCUT2D eigenvalue weighted by Gasteiger charge is 2.24. The molecule has 0 unspecified atom stereocenters. The van der Waals surface area contributed by atoms with Gasteiger partial charge in [0.2, 0.25) is 0 Å². The number of urea groups is 1. The maximum absolute atomic E-state index is 12.3. The second kappa shape index (κ2) is 6.89. The second-order valence-electron chi connectivity index (χ2n) is 5.64. The first kappa shape index (κ1) is 17.5. The van der Waals surface area contributed by atoms with Crippen molar-refractivity contribution in [3.8, 4) is 5.75 Å². The molecular formula is C17H18N2O4S2. The van der Waals surface area contributed by atoms with Crippen molar-refractivity contribution in [3.63, 3.8) is 0 Å². The number of carbonyl (C=O) groups excluding carboxylic acids is 1. The molecule has 0 saturated heterocycles. The molecule has 2 N–H and O–H groups in total. The molecule has 1 aliphatic carbocycles. The lowest BCUT2D eigenvalue weighted by Gasteiger charge is -2.11. The largest absolute Gasteiger partial charge is 0.497 e. The van der Waals surface area contributed by atoms with Gasteiger partial charge in [0, 0.05) is 23.6 Å². The van der Waals surface area contributed by atoms with Gasteiger partial charge in [-0.1, -0.05) is 18.2 Å². The van der Waals surface area contributed by atoms with E-state index in [1.54, 1.807) is 31.4 Å². The first-order valence-electron chi connectivity index (χ1n) is 7.63. The van der Waals surface area contributed by atoms with E-state index >= 15 is 0 Å². The van der Waals surface area contributed by atoms with E-state index in [2.05, 4.69) is 10.6 Å². The molecule has 1 heterocycles. The highest BCUT2D eigenvalue weighted by Crippen LogP contribution is 2.40. The number of fused-ring (bicyclic) bond motifs is 1. The number of methoxy groups -OCH3 is 1. The molecule has 3 rings (SSSR count). The average Bonchev–Trinajstić information content (AvgIpc) is 2.94. The molecule has 0 spiro atoms. The number of carbonyl (C=O) groups is 1. The van der Waals surface area contributed by atoms with Gasteiger partial charge in [-0.25, -0.2) is 13.2 Å². The Labute approximate surface area is 150 Å². The third-order valence-corrected chi connectivity index (χ3v) is 6.76. The predicted octanol–water partition coefficient (Wildman–Crippen LogP) is 3.76. The number of ether oxygens (including phenoxy) is 1. The lowest BCUT2D eigenvalue weighted by molar-refractivity contribution is 0.262. The van der Waals surface area contributed by atoms with E-state index in [1.807, 2.05) is 12.2 Å². The molecule has 8 heteroatoms. The van der Waals surface area contributed by atoms with E-state index in [0.29, 0.717) is 28.4 Å². The number of nitrogens with one attached hydrogen (secondary N) is 2. The van der Waals surface area contributed by atoms with Gasteiger partial charge in [0.15, 0.2) is 9.84 Å². The Hall–Kier alpha value is -2.32. The summed E-state index contributed by atoms with van der Waals surface area (Å²) in [5.74, 6) is 0.635. The lowest BCUT2D eigenvalue weighted by atomic mass is 10.0. The Balaban J connectivity index is 1.84. The van der Waals surface area contributed by atoms with Crippen LogP contribution in [0.3, 0.4) is 0 Å². The fraction of sp³-hybridized carbons (Fsp3) is 0.235. The van der Waals surface area contributed by atoms with Crippen molar-refractivity contribution in [2.75, 3.05) is 24.0 Å². The Morgan fingerprint density at radius 1 is 1.28 bits per heavy atom. The van der Waals surface area contributed by atoms with Crippen LogP contribution in [-0.4, -0.2) is 27.8 Å². The number of rotatable bonds is 4. The normalized spacial score (nSPS) is 13.2. The molecule has 1 aromatic heterocycles. The van der Waals surface area contributed by atoms with Crippen molar-refractivity contribution in [1.82, 2.24) is 0 Å². The van der Waals surface area contributed by atoms with Crippen molar-refractivity contribution in [2.24, 2.45) is 0 Å². The summed E-state index contributed by atoms with van der Waals surface area (Å²) in [4.78, 5) is 12.3. The van der Waals surface area contributed by atoms with E-state index in [0.717, 1.165) is 23.3 Å². The minimum absolute atomic E-state index is 0.287. The monoisotopic (exact) mass is 378 g/mol. The molecule has 0 aliphatic heterocycles. The fourth-order valence-electron chi connectivity index (χ4n) is 2.64. The summed E-state index contributed by atoms with van der Waals surface area (Å²) in [6.07, 6.45) is 6.47. The molecule has 2 amide bonds. The van der Waals surface area contributed by atoms with Gasteiger partial charge < -0.3 is 10.1 Å². The van der Waals surface area contributed by atoms with Crippen LogP contribution in [0.25, 0.3) is 6.08 Å². The quantitative estimate of drug-likeness (QED) is 0.848. The number of benzene rings is 1. The second-order valence-corrected chi connectivity index (χ2v) is 8.87. The zero-order chi connectivity index (χ0) is 18.0. The van der Waals surface area contributed by atoms with Gasteiger partial charge in [0.1, 0.15) is 15.0 Å². The maximum atomic E-state index is 12.3. The highest BCUT2D eigenvalue weighted by atomic mass is 32.2. The van der Waals surface area contributed by atoms with Gasteiger partial charge in [0.05, 0.1) is 7.11 Å². The Morgan fingerprint density at radius 3 is 2.80 bits per heavy atom. The van der Waals surface area contributed by atoms with Crippen molar-refractivity contribution >= 4 is 44.0 Å². The lowest BCUT2D eigenvalue weighted by Crippen LogP contribution is -2.19. The average molecular weight is 378 g/mol. The Kier molecular flexibility index (Phi) is 4.82. The molecule has 25 heavy (non-hydrogen) atoms. The number of hydrogen-bond acceptors (Lipinski definition) is 5. The maximum Gasteiger partial charge on any atom is 0.324 e. The van der Waals surface area contributed by atoms with E-state index in [9.17, 15) is 13.2 Å². The van der Waals surface area contributed by atoms with Gasteiger partial charge in [0.25, 0.3) is 0 Å². The van der Waals surface area contributed by atoms with Gasteiger partial charge in [-0.05, 0) is 30.5 Å². The number of hydrogen-bond donors (Lipinski definition) is 2. The standard InChI is InChI=1S/C17H18N2O4S2/c1-23-12-7-5-6-11(10-12)18-17(20)19-15-13-8-3-4-9-14(13)16(24-15)25(2,21)22/h4-7,9-10H,3,8H2,1-2H3,(H2,18,19,20). The molecule has 0 saturated carbocycles. The summed E-state index contributed by atoms with van der Waals surface area (Å²) in [6.45, 7) is 0. The summed E-state index contributed by atoms with van der Waals surface area (Å²) in [6, 6.07) is 6.58. The van der Waals surface area contributed by atoms with Gasteiger partial charge in [-0.2, -0.15) is 0 Å². The Morgan fingerprint density at radius 2 is 2.08 bits per heavy atom. The molecule has 0 fully saturated rings. The molecule has 0 atom stereocenters. The predicted molar refractivity (Wildman–Crippen MR) is 100 cm³/mol. The third-order valence-electron chi connectivity index (χ3n) is 3.75. The summed E-state index contributed by atoms with van der Waals surface area (Å²) < 4.78 is 29.4. The molecule has 1 aliphatic rings. The zero-order valence-electron chi connectivity index (χ0n) is 13.8.